The van der Waals surface area contributed by atoms with E-state index < -0.39 is 0 Å². The quantitative estimate of drug-likeness (QED) is 0.647. The molecule has 1 N–H and O–H groups in total. The lowest BCUT2D eigenvalue weighted by atomic mass is 10.1. The molecule has 1 atom stereocenters. The molecule has 5 nitrogen and oxygen atoms in total. The zero-order chi connectivity index (χ0) is 15.4. The van der Waals surface area contributed by atoms with Crippen molar-refractivity contribution in [2.45, 2.75) is 57.1 Å². The van der Waals surface area contributed by atoms with Crippen LogP contribution < -0.4 is 10.9 Å². The maximum absolute atomic E-state index is 12.3. The van der Waals surface area contributed by atoms with Crippen LogP contribution >= 0.6 is 11.8 Å². The maximum Gasteiger partial charge on any atom is 0.254 e. The van der Waals surface area contributed by atoms with Crippen LogP contribution in [0.5, 0.6) is 0 Å². The Hall–Kier alpha value is -1.30. The Kier molecular flexibility index (Phi) is 5.45. The van der Waals surface area contributed by atoms with Crippen molar-refractivity contribution < 1.29 is 4.79 Å². The first-order valence-corrected chi connectivity index (χ1v) is 8.54. The van der Waals surface area contributed by atoms with Gasteiger partial charge in [0, 0.05) is 24.8 Å². The third-order valence-electron chi connectivity index (χ3n) is 3.57. The van der Waals surface area contributed by atoms with Gasteiger partial charge in [0.25, 0.3) is 5.56 Å². The fourth-order valence-electron chi connectivity index (χ4n) is 2.31. The predicted octanol–water partition coefficient (Wildman–Crippen LogP) is 2.32. The van der Waals surface area contributed by atoms with Crippen LogP contribution in [0.4, 0.5) is 0 Å². The van der Waals surface area contributed by atoms with Gasteiger partial charge in [-0.05, 0) is 12.3 Å². The largest absolute Gasteiger partial charge is 0.356 e. The second-order valence-corrected chi connectivity index (χ2v) is 6.69. The molecule has 6 heteroatoms. The molecule has 0 saturated carbocycles. The van der Waals surface area contributed by atoms with E-state index in [0.29, 0.717) is 13.0 Å². The average molecular weight is 309 g/mol. The van der Waals surface area contributed by atoms with Crippen LogP contribution in [0.25, 0.3) is 0 Å². The van der Waals surface area contributed by atoms with Crippen molar-refractivity contribution in [3.63, 3.8) is 0 Å². The molecule has 0 aliphatic carbocycles. The first-order valence-electron chi connectivity index (χ1n) is 7.56. The Morgan fingerprint density at radius 1 is 1.57 bits per heavy atom. The summed E-state index contributed by atoms with van der Waals surface area (Å²) >= 11 is 1.56. The molecule has 2 rings (SSSR count). The van der Waals surface area contributed by atoms with Gasteiger partial charge in [0.15, 0.2) is 5.16 Å². The molecule has 2 heterocycles. The van der Waals surface area contributed by atoms with Gasteiger partial charge in [-0.3, -0.25) is 14.2 Å². The fourth-order valence-corrected chi connectivity index (χ4v) is 3.46. The number of unbranched alkanes of at least 4 members (excludes halogenated alkanes) is 1. The monoisotopic (exact) mass is 309 g/mol. The number of hydrogen-bond donors (Lipinski definition) is 1. The highest BCUT2D eigenvalue weighted by molar-refractivity contribution is 7.99. The number of amides is 1. The van der Waals surface area contributed by atoms with E-state index >= 15 is 0 Å². The maximum atomic E-state index is 12.3. The van der Waals surface area contributed by atoms with Crippen LogP contribution in [0.3, 0.4) is 0 Å². The smallest absolute Gasteiger partial charge is 0.254 e. The molecule has 1 unspecified atom stereocenters. The van der Waals surface area contributed by atoms with E-state index in [2.05, 4.69) is 17.2 Å². The van der Waals surface area contributed by atoms with Gasteiger partial charge < -0.3 is 5.32 Å². The third-order valence-corrected chi connectivity index (χ3v) is 4.67. The number of hydrogen-bond acceptors (Lipinski definition) is 4. The van der Waals surface area contributed by atoms with E-state index in [1.807, 2.05) is 13.8 Å². The topological polar surface area (TPSA) is 64.0 Å². The van der Waals surface area contributed by atoms with Crippen LogP contribution in [0.2, 0.25) is 0 Å². The van der Waals surface area contributed by atoms with Crippen molar-refractivity contribution in [2.75, 3.05) is 12.3 Å². The second kappa shape index (κ2) is 7.11. The molecule has 1 amide bonds. The van der Waals surface area contributed by atoms with Crippen LogP contribution in [-0.4, -0.2) is 27.8 Å². The lowest BCUT2D eigenvalue weighted by Crippen LogP contribution is -2.31. The number of carbonyl (C=O) groups excluding carboxylic acids is 1. The number of thioether (sulfide) groups is 1. The Bertz CT molecular complexity index is 569. The predicted molar refractivity (Wildman–Crippen MR) is 84.9 cm³/mol. The minimum absolute atomic E-state index is 0.0155. The van der Waals surface area contributed by atoms with Crippen LogP contribution in [0, 0.1) is 0 Å². The Balaban J connectivity index is 2.08. The Morgan fingerprint density at radius 3 is 3.00 bits per heavy atom. The summed E-state index contributed by atoms with van der Waals surface area (Å²) in [5.74, 6) is 0.993. The number of aromatic nitrogens is 2. The first kappa shape index (κ1) is 16.1. The molecule has 1 aliphatic rings. The highest BCUT2D eigenvalue weighted by Gasteiger charge is 2.27. The van der Waals surface area contributed by atoms with Crippen molar-refractivity contribution in [2.24, 2.45) is 0 Å². The zero-order valence-electron chi connectivity index (χ0n) is 12.9. The standard InChI is InChI=1S/C15H23N3O2S/c1-4-5-6-16-13(19)7-11-9-21-15-17-12(10(2)3)8-14(20)18(11)15/h8,10-11H,4-7,9H2,1-3H3,(H,16,19). The van der Waals surface area contributed by atoms with Crippen molar-refractivity contribution in [3.05, 3.63) is 22.1 Å². The molecule has 1 aromatic rings. The van der Waals surface area contributed by atoms with Gasteiger partial charge in [-0.15, -0.1) is 0 Å². The molecule has 21 heavy (non-hydrogen) atoms. The van der Waals surface area contributed by atoms with Gasteiger partial charge in [-0.1, -0.05) is 39.0 Å². The molecule has 0 bridgehead atoms. The summed E-state index contributed by atoms with van der Waals surface area (Å²) in [6.45, 7) is 6.85. The van der Waals surface area contributed by atoms with Crippen molar-refractivity contribution >= 4 is 17.7 Å². The van der Waals surface area contributed by atoms with Gasteiger partial charge >= 0.3 is 0 Å². The summed E-state index contributed by atoms with van der Waals surface area (Å²) in [6.07, 6.45) is 2.40. The summed E-state index contributed by atoms with van der Waals surface area (Å²) in [6, 6.07) is 1.52. The SMILES string of the molecule is CCCCNC(=O)CC1CSc2nc(C(C)C)cc(=O)n21. The fraction of sp³-hybridized carbons (Fsp3) is 0.667. The van der Waals surface area contributed by atoms with Gasteiger partial charge in [-0.25, -0.2) is 4.98 Å². The normalized spacial score (nSPS) is 17.0. The summed E-state index contributed by atoms with van der Waals surface area (Å²) in [5, 5.41) is 3.65. The lowest BCUT2D eigenvalue weighted by Gasteiger charge is -2.14. The van der Waals surface area contributed by atoms with Crippen molar-refractivity contribution in [3.8, 4) is 0 Å². The molecular weight excluding hydrogens is 286 g/mol. The van der Waals surface area contributed by atoms with Gasteiger partial charge in [0.2, 0.25) is 5.91 Å². The highest BCUT2D eigenvalue weighted by atomic mass is 32.2. The number of nitrogens with zero attached hydrogens (tertiary/aromatic N) is 2. The third kappa shape index (κ3) is 3.87. The van der Waals surface area contributed by atoms with Crippen molar-refractivity contribution in [1.29, 1.82) is 0 Å². The van der Waals surface area contributed by atoms with E-state index in [0.717, 1.165) is 29.4 Å². The summed E-state index contributed by atoms with van der Waals surface area (Å²) in [7, 11) is 0. The molecule has 0 saturated heterocycles. The highest BCUT2D eigenvalue weighted by Crippen LogP contribution is 2.32. The van der Waals surface area contributed by atoms with Crippen LogP contribution in [0.1, 0.15) is 57.7 Å². The number of rotatable bonds is 6. The lowest BCUT2D eigenvalue weighted by molar-refractivity contribution is -0.121. The van der Waals surface area contributed by atoms with Crippen LogP contribution in [-0.2, 0) is 4.79 Å². The molecule has 0 aromatic carbocycles. The van der Waals surface area contributed by atoms with Crippen LogP contribution in [0.15, 0.2) is 16.0 Å². The molecule has 0 spiro atoms. The minimum Gasteiger partial charge on any atom is -0.356 e. The van der Waals surface area contributed by atoms with E-state index in [4.69, 9.17) is 0 Å². The van der Waals surface area contributed by atoms with Crippen molar-refractivity contribution in [1.82, 2.24) is 14.9 Å². The second-order valence-electron chi connectivity index (χ2n) is 5.70. The molecule has 1 aliphatic heterocycles. The molecule has 116 valence electrons. The summed E-state index contributed by atoms with van der Waals surface area (Å²) in [5.41, 5.74) is 0.784. The van der Waals surface area contributed by atoms with E-state index in [1.165, 1.54) is 0 Å². The average Bonchev–Trinajstić information content (AvgIpc) is 2.82. The van der Waals surface area contributed by atoms with Gasteiger partial charge in [-0.2, -0.15) is 0 Å². The molecule has 0 fully saturated rings. The Morgan fingerprint density at radius 2 is 2.33 bits per heavy atom. The summed E-state index contributed by atoms with van der Waals surface area (Å²) in [4.78, 5) is 28.7. The first-order chi connectivity index (χ1) is 10.0. The number of carbonyl (C=O) groups is 1. The molecule has 0 radical (unpaired) electrons. The molecule has 1 aromatic heterocycles. The van der Waals surface area contributed by atoms with E-state index in [9.17, 15) is 9.59 Å². The van der Waals surface area contributed by atoms with Gasteiger partial charge in [0.1, 0.15) is 0 Å². The Labute approximate surface area is 129 Å². The molecular formula is C15H23N3O2S. The summed E-state index contributed by atoms with van der Waals surface area (Å²) < 4.78 is 1.68. The number of nitrogens with one attached hydrogen (secondary N) is 1. The minimum atomic E-state index is -0.0761. The van der Waals surface area contributed by atoms with Gasteiger partial charge in [0.05, 0.1) is 11.7 Å². The number of fused-ring (bicyclic) bond motifs is 1. The van der Waals surface area contributed by atoms with E-state index in [-0.39, 0.29) is 23.4 Å². The zero-order valence-corrected chi connectivity index (χ0v) is 13.7. The van der Waals surface area contributed by atoms with E-state index in [1.54, 1.807) is 22.4 Å².